The maximum absolute atomic E-state index is 9.69. The van der Waals surface area contributed by atoms with Gasteiger partial charge in [0.15, 0.2) is 11.3 Å². The Morgan fingerprint density at radius 1 is 0.846 bits per heavy atom. The zero-order chi connectivity index (χ0) is 28.0. The van der Waals surface area contributed by atoms with Crippen molar-refractivity contribution in [3.63, 3.8) is 0 Å². The van der Waals surface area contributed by atoms with Crippen LogP contribution in [0.25, 0.3) is 30.4 Å². The van der Waals surface area contributed by atoms with Crippen LogP contribution in [-0.4, -0.2) is 24.7 Å². The Bertz CT molecular complexity index is 1640. The fourth-order valence-corrected chi connectivity index (χ4v) is 5.41. The summed E-state index contributed by atoms with van der Waals surface area (Å²) < 4.78 is 5.81. The predicted octanol–water partition coefficient (Wildman–Crippen LogP) is 7.55. The zero-order valence-electron chi connectivity index (χ0n) is 22.0. The van der Waals surface area contributed by atoms with Crippen LogP contribution < -0.4 is 4.90 Å². The molecule has 3 heterocycles. The molecule has 0 saturated heterocycles. The molecule has 0 saturated carbocycles. The summed E-state index contributed by atoms with van der Waals surface area (Å²) in [7, 11) is 4.05. The second-order valence-electron chi connectivity index (χ2n) is 9.27. The summed E-state index contributed by atoms with van der Waals surface area (Å²) in [5.74, 6) is 0.0434. The van der Waals surface area contributed by atoms with Gasteiger partial charge in [0, 0.05) is 46.2 Å². The van der Waals surface area contributed by atoms with Gasteiger partial charge in [-0.15, -0.1) is 22.7 Å². The normalized spacial score (nSPS) is 14.5. The number of aromatic nitrogens is 1. The van der Waals surface area contributed by atoms with Crippen molar-refractivity contribution in [2.24, 2.45) is 0 Å². The van der Waals surface area contributed by atoms with E-state index >= 15 is 0 Å². The monoisotopic (exact) mass is 547 g/mol. The smallest absolute Gasteiger partial charge is 0.172 e. The number of anilines is 1. The first-order valence-corrected chi connectivity index (χ1v) is 13.6. The van der Waals surface area contributed by atoms with Crippen molar-refractivity contribution < 1.29 is 4.74 Å². The van der Waals surface area contributed by atoms with Crippen LogP contribution in [0, 0.1) is 34.0 Å². The van der Waals surface area contributed by atoms with E-state index in [2.05, 4.69) is 52.4 Å². The molecule has 2 aromatic heterocycles. The largest absolute Gasteiger partial charge is 0.480 e. The molecular formula is C31H25N5OS2. The Morgan fingerprint density at radius 3 is 2.10 bits per heavy atom. The maximum Gasteiger partial charge on any atom is 0.172 e. The van der Waals surface area contributed by atoms with E-state index in [0.29, 0.717) is 5.57 Å². The molecule has 0 spiro atoms. The van der Waals surface area contributed by atoms with Crippen LogP contribution in [0.1, 0.15) is 39.0 Å². The topological polar surface area (TPSA) is 96.7 Å². The third kappa shape index (κ3) is 6.43. The van der Waals surface area contributed by atoms with Crippen LogP contribution in [0.3, 0.4) is 0 Å². The quantitative estimate of drug-likeness (QED) is 0.283. The molecule has 0 amide bonds. The fraction of sp³-hybridized carbons (Fsp3) is 0.161. The van der Waals surface area contributed by atoms with Gasteiger partial charge in [-0.05, 0) is 68.0 Å². The van der Waals surface area contributed by atoms with Gasteiger partial charge in [-0.2, -0.15) is 15.8 Å². The van der Waals surface area contributed by atoms with E-state index in [0.717, 1.165) is 25.2 Å². The molecule has 0 N–H and O–H groups in total. The van der Waals surface area contributed by atoms with E-state index in [1.54, 1.807) is 22.7 Å². The van der Waals surface area contributed by atoms with Crippen molar-refractivity contribution in [1.82, 2.24) is 4.98 Å². The van der Waals surface area contributed by atoms with Crippen molar-refractivity contribution in [3.05, 3.63) is 96.4 Å². The number of nitrogens with zero attached hydrogens (tertiary/aromatic N) is 5. The summed E-state index contributed by atoms with van der Waals surface area (Å²) in [4.78, 5) is 9.72. The molecule has 39 heavy (non-hydrogen) atoms. The van der Waals surface area contributed by atoms with E-state index in [1.165, 1.54) is 5.69 Å². The third-order valence-electron chi connectivity index (χ3n) is 5.91. The van der Waals surface area contributed by atoms with E-state index in [1.807, 2.05) is 82.7 Å². The SMILES string of the molecule is CN(C)c1ccc(/C=C/c2cnc(/C=C/c3ccc(/C=C/C4=C(C#N)C(=C(C#N)C#N)OC4(C)C)s3)s2)cc1. The number of benzene rings is 1. The number of hydrogen-bond donors (Lipinski definition) is 0. The summed E-state index contributed by atoms with van der Waals surface area (Å²) >= 11 is 3.22. The van der Waals surface area contributed by atoms with Gasteiger partial charge in [-0.1, -0.05) is 24.3 Å². The number of rotatable bonds is 7. The zero-order valence-corrected chi connectivity index (χ0v) is 23.6. The number of nitriles is 3. The first-order chi connectivity index (χ1) is 18.7. The Hall–Kier alpha value is -4.68. The van der Waals surface area contributed by atoms with Gasteiger partial charge >= 0.3 is 0 Å². The molecule has 1 aliphatic heterocycles. The van der Waals surface area contributed by atoms with Crippen molar-refractivity contribution in [2.45, 2.75) is 19.4 Å². The van der Waals surface area contributed by atoms with Crippen molar-refractivity contribution in [3.8, 4) is 18.2 Å². The van der Waals surface area contributed by atoms with Crippen molar-refractivity contribution >= 4 is 58.7 Å². The average Bonchev–Trinajstić information content (AvgIpc) is 3.63. The number of hydrogen-bond acceptors (Lipinski definition) is 8. The summed E-state index contributed by atoms with van der Waals surface area (Å²) in [5.41, 5.74) is 2.11. The van der Waals surface area contributed by atoms with Gasteiger partial charge in [0.2, 0.25) is 0 Å². The summed E-state index contributed by atoms with van der Waals surface area (Å²) in [5, 5.41) is 29.1. The van der Waals surface area contributed by atoms with Gasteiger partial charge in [0.25, 0.3) is 0 Å². The highest BCUT2D eigenvalue weighted by Crippen LogP contribution is 2.40. The maximum atomic E-state index is 9.69. The Kier molecular flexibility index (Phi) is 8.27. The lowest BCUT2D eigenvalue weighted by atomic mass is 9.94. The Labute approximate surface area is 236 Å². The molecular weight excluding hydrogens is 523 g/mol. The fourth-order valence-electron chi connectivity index (χ4n) is 3.87. The highest BCUT2D eigenvalue weighted by atomic mass is 32.1. The molecule has 192 valence electrons. The van der Waals surface area contributed by atoms with Crippen LogP contribution in [0.15, 0.2) is 71.1 Å². The number of thiazole rings is 1. The minimum absolute atomic E-state index is 0.0434. The number of thiophene rings is 1. The summed E-state index contributed by atoms with van der Waals surface area (Å²) in [6, 6.07) is 18.1. The predicted molar refractivity (Wildman–Crippen MR) is 160 cm³/mol. The van der Waals surface area contributed by atoms with Crippen LogP contribution in [-0.2, 0) is 4.74 Å². The Balaban J connectivity index is 1.45. The van der Waals surface area contributed by atoms with Crippen LogP contribution in [0.2, 0.25) is 0 Å². The molecule has 1 aromatic carbocycles. The number of ether oxygens (including phenoxy) is 1. The van der Waals surface area contributed by atoms with Gasteiger partial charge in [0.05, 0.1) is 0 Å². The van der Waals surface area contributed by atoms with Gasteiger partial charge in [-0.3, -0.25) is 0 Å². The van der Waals surface area contributed by atoms with E-state index in [-0.39, 0.29) is 16.9 Å². The molecule has 0 unspecified atom stereocenters. The lowest BCUT2D eigenvalue weighted by Crippen LogP contribution is -2.20. The molecule has 0 atom stereocenters. The van der Waals surface area contributed by atoms with Crippen molar-refractivity contribution in [2.75, 3.05) is 19.0 Å². The van der Waals surface area contributed by atoms with Gasteiger partial charge < -0.3 is 9.64 Å². The van der Waals surface area contributed by atoms with Crippen LogP contribution in [0.5, 0.6) is 0 Å². The standard InChI is InChI=1S/C31H25N5OS2/c1-31(2)28(27(19-34)30(37-31)22(17-32)18-33)15-13-24-11-12-25(38-24)14-16-29-35-20-26(39-29)10-7-21-5-8-23(9-6-21)36(3)4/h5-16,20H,1-4H3/b10-7+,15-13+,16-14+. The molecule has 4 rings (SSSR count). The van der Waals surface area contributed by atoms with E-state index < -0.39 is 5.60 Å². The van der Waals surface area contributed by atoms with Gasteiger partial charge in [-0.25, -0.2) is 4.98 Å². The van der Waals surface area contributed by atoms with Crippen LogP contribution >= 0.6 is 22.7 Å². The number of allylic oxidation sites excluding steroid dienone is 2. The van der Waals surface area contributed by atoms with E-state index in [9.17, 15) is 15.8 Å². The minimum atomic E-state index is -0.831. The summed E-state index contributed by atoms with van der Waals surface area (Å²) in [6.45, 7) is 3.62. The average molecular weight is 548 g/mol. The molecule has 0 radical (unpaired) electrons. The van der Waals surface area contributed by atoms with E-state index in [4.69, 9.17) is 4.74 Å². The first-order valence-electron chi connectivity index (χ1n) is 12.0. The molecule has 1 aliphatic rings. The van der Waals surface area contributed by atoms with Crippen molar-refractivity contribution in [1.29, 1.82) is 15.8 Å². The molecule has 6 nitrogen and oxygen atoms in total. The Morgan fingerprint density at radius 2 is 1.49 bits per heavy atom. The minimum Gasteiger partial charge on any atom is -0.480 e. The lowest BCUT2D eigenvalue weighted by Gasteiger charge is -2.20. The second kappa shape index (κ2) is 11.8. The second-order valence-corrected chi connectivity index (χ2v) is 11.5. The lowest BCUT2D eigenvalue weighted by molar-refractivity contribution is 0.0954. The molecule has 3 aromatic rings. The molecule has 0 fully saturated rings. The molecule has 0 bridgehead atoms. The highest BCUT2D eigenvalue weighted by Gasteiger charge is 2.38. The third-order valence-corrected chi connectivity index (χ3v) is 7.85. The summed E-state index contributed by atoms with van der Waals surface area (Å²) in [6.07, 6.45) is 13.8. The highest BCUT2D eigenvalue weighted by molar-refractivity contribution is 7.14. The van der Waals surface area contributed by atoms with Crippen LogP contribution in [0.4, 0.5) is 5.69 Å². The molecule has 0 aliphatic carbocycles. The first kappa shape index (κ1) is 27.4. The van der Waals surface area contributed by atoms with Gasteiger partial charge in [0.1, 0.15) is 34.4 Å². The molecule has 8 heteroatoms.